The number of methoxy groups -OCH3 is 1. The van der Waals surface area contributed by atoms with Gasteiger partial charge in [-0.1, -0.05) is 6.42 Å². The number of ether oxygens (including phenoxy) is 1. The number of fused-ring (bicyclic) bond motifs is 1. The Kier molecular flexibility index (Phi) is 6.28. The molecule has 6 nitrogen and oxygen atoms in total. The Labute approximate surface area is 153 Å². The highest BCUT2D eigenvalue weighted by atomic mass is 16.5. The topological polar surface area (TPSA) is 76.4 Å². The summed E-state index contributed by atoms with van der Waals surface area (Å²) >= 11 is 0. The van der Waals surface area contributed by atoms with Crippen LogP contribution in [0.3, 0.4) is 0 Å². The smallest absolute Gasteiger partial charge is 0.336 e. The van der Waals surface area contributed by atoms with Gasteiger partial charge in [-0.15, -0.1) is 0 Å². The molecule has 1 aliphatic heterocycles. The van der Waals surface area contributed by atoms with Crippen LogP contribution in [0, 0.1) is 0 Å². The lowest BCUT2D eigenvalue weighted by Gasteiger charge is -2.19. The molecule has 0 aliphatic carbocycles. The lowest BCUT2D eigenvalue weighted by atomic mass is 10.1. The van der Waals surface area contributed by atoms with E-state index in [4.69, 9.17) is 9.15 Å². The lowest BCUT2D eigenvalue weighted by molar-refractivity contribution is -0.670. The quantitative estimate of drug-likeness (QED) is 0.602. The van der Waals surface area contributed by atoms with E-state index in [0.717, 1.165) is 56.3 Å². The van der Waals surface area contributed by atoms with Crippen LogP contribution < -0.4 is 15.7 Å². The standard InChI is InChI=1S/C20H26N2O4/c1-25-16-7-8-17-15(12-20(24)26-18(17)13-16)14-21-9-5-11-22-10-4-2-3-6-19(22)23/h7-8,12-13,21H,2-6,9-11,14H2,1H3/p+1. The van der Waals surface area contributed by atoms with Crippen LogP contribution >= 0.6 is 0 Å². The normalized spacial score (nSPS) is 15.3. The van der Waals surface area contributed by atoms with Crippen molar-refractivity contribution >= 4 is 16.9 Å². The summed E-state index contributed by atoms with van der Waals surface area (Å²) in [6.45, 7) is 3.35. The van der Waals surface area contributed by atoms with Gasteiger partial charge < -0.3 is 19.4 Å². The number of likely N-dealkylation sites (tertiary alicyclic amines) is 1. The number of rotatable bonds is 7. The molecule has 140 valence electrons. The molecule has 1 aromatic carbocycles. The van der Waals surface area contributed by atoms with Gasteiger partial charge in [-0.3, -0.25) is 4.79 Å². The second kappa shape index (κ2) is 8.85. The first-order chi connectivity index (χ1) is 12.7. The molecule has 1 aromatic heterocycles. The molecule has 0 radical (unpaired) electrons. The molecule has 0 spiro atoms. The van der Waals surface area contributed by atoms with Crippen LogP contribution in [0.25, 0.3) is 11.0 Å². The molecule has 0 bridgehead atoms. The van der Waals surface area contributed by atoms with E-state index < -0.39 is 0 Å². The van der Waals surface area contributed by atoms with Crippen molar-refractivity contribution in [3.63, 3.8) is 0 Å². The number of nitrogens with zero attached hydrogens (tertiary/aromatic N) is 1. The summed E-state index contributed by atoms with van der Waals surface area (Å²) in [5.41, 5.74) is 1.17. The van der Waals surface area contributed by atoms with Gasteiger partial charge in [0.1, 0.15) is 17.9 Å². The number of benzene rings is 1. The van der Waals surface area contributed by atoms with Crippen LogP contribution in [0.1, 0.15) is 37.7 Å². The molecule has 3 rings (SSSR count). The van der Waals surface area contributed by atoms with E-state index in [-0.39, 0.29) is 5.63 Å². The number of hydrogen-bond acceptors (Lipinski definition) is 4. The number of hydrogen-bond donors (Lipinski definition) is 1. The van der Waals surface area contributed by atoms with Gasteiger partial charge in [-0.05, 0) is 25.0 Å². The monoisotopic (exact) mass is 359 g/mol. The van der Waals surface area contributed by atoms with Crippen molar-refractivity contribution in [3.8, 4) is 5.75 Å². The minimum atomic E-state index is -0.343. The fraction of sp³-hybridized carbons (Fsp3) is 0.500. The van der Waals surface area contributed by atoms with Crippen molar-refractivity contribution in [1.82, 2.24) is 4.90 Å². The zero-order chi connectivity index (χ0) is 18.4. The van der Waals surface area contributed by atoms with Gasteiger partial charge in [0.25, 0.3) is 0 Å². The fourth-order valence-corrected chi connectivity index (χ4v) is 3.47. The van der Waals surface area contributed by atoms with Crippen molar-refractivity contribution in [2.75, 3.05) is 26.7 Å². The zero-order valence-electron chi connectivity index (χ0n) is 15.3. The average Bonchev–Trinajstić information content (AvgIpc) is 2.85. The summed E-state index contributed by atoms with van der Waals surface area (Å²) in [6, 6.07) is 7.10. The predicted molar refractivity (Wildman–Crippen MR) is 99.2 cm³/mol. The summed E-state index contributed by atoms with van der Waals surface area (Å²) in [6.07, 6.45) is 4.95. The maximum atomic E-state index is 12.0. The molecular weight excluding hydrogens is 332 g/mol. The van der Waals surface area contributed by atoms with Gasteiger partial charge in [0.05, 0.1) is 13.7 Å². The predicted octanol–water partition coefficient (Wildman–Crippen LogP) is 1.66. The molecule has 6 heteroatoms. The first kappa shape index (κ1) is 18.5. The van der Waals surface area contributed by atoms with E-state index in [0.29, 0.717) is 30.2 Å². The van der Waals surface area contributed by atoms with Gasteiger partial charge in [-0.25, -0.2) is 4.79 Å². The third-order valence-electron chi connectivity index (χ3n) is 4.91. The zero-order valence-corrected chi connectivity index (χ0v) is 15.3. The third-order valence-corrected chi connectivity index (χ3v) is 4.91. The van der Waals surface area contributed by atoms with E-state index in [1.54, 1.807) is 19.2 Å². The second-order valence-electron chi connectivity index (χ2n) is 6.78. The number of quaternary nitrogens is 1. The van der Waals surface area contributed by atoms with E-state index in [1.165, 1.54) is 0 Å². The molecule has 0 saturated carbocycles. The summed E-state index contributed by atoms with van der Waals surface area (Å²) in [7, 11) is 1.59. The number of amides is 1. The van der Waals surface area contributed by atoms with E-state index in [9.17, 15) is 9.59 Å². The summed E-state index contributed by atoms with van der Waals surface area (Å²) < 4.78 is 10.5. The lowest BCUT2D eigenvalue weighted by Crippen LogP contribution is -2.82. The van der Waals surface area contributed by atoms with Gasteiger partial charge in [0, 0.05) is 49.0 Å². The molecule has 2 N–H and O–H groups in total. The van der Waals surface area contributed by atoms with E-state index in [2.05, 4.69) is 5.32 Å². The summed E-state index contributed by atoms with van der Waals surface area (Å²) in [4.78, 5) is 25.8. The van der Waals surface area contributed by atoms with E-state index >= 15 is 0 Å². The van der Waals surface area contributed by atoms with Crippen molar-refractivity contribution in [1.29, 1.82) is 0 Å². The molecular formula is C20H27N2O4+. The second-order valence-corrected chi connectivity index (χ2v) is 6.78. The number of carbonyl (C=O) groups is 1. The molecule has 1 fully saturated rings. The van der Waals surface area contributed by atoms with Crippen LogP contribution in [0.4, 0.5) is 0 Å². The third kappa shape index (κ3) is 4.64. The largest absolute Gasteiger partial charge is 0.497 e. The maximum absolute atomic E-state index is 12.0. The molecule has 0 unspecified atom stereocenters. The average molecular weight is 359 g/mol. The Morgan fingerprint density at radius 3 is 2.92 bits per heavy atom. The SMILES string of the molecule is COc1ccc2c(C[NH2+]CCCN3CCCCCC3=O)cc(=O)oc2c1. The molecule has 2 aromatic rings. The molecule has 0 atom stereocenters. The van der Waals surface area contributed by atoms with Crippen molar-refractivity contribution in [2.24, 2.45) is 0 Å². The van der Waals surface area contributed by atoms with Gasteiger partial charge >= 0.3 is 5.63 Å². The Hall–Kier alpha value is -2.34. The van der Waals surface area contributed by atoms with Crippen LogP contribution in [0.15, 0.2) is 33.5 Å². The Morgan fingerprint density at radius 1 is 1.19 bits per heavy atom. The van der Waals surface area contributed by atoms with Gasteiger partial charge in [0.2, 0.25) is 5.91 Å². The fourth-order valence-electron chi connectivity index (χ4n) is 3.47. The van der Waals surface area contributed by atoms with Gasteiger partial charge in [0.15, 0.2) is 0 Å². The van der Waals surface area contributed by atoms with Crippen LogP contribution in [0.5, 0.6) is 5.75 Å². The molecule has 1 saturated heterocycles. The van der Waals surface area contributed by atoms with Crippen LogP contribution in [-0.2, 0) is 11.3 Å². The first-order valence-electron chi connectivity index (χ1n) is 9.37. The minimum absolute atomic E-state index is 0.295. The molecule has 1 amide bonds. The molecule has 2 heterocycles. The number of nitrogens with two attached hydrogens (primary N) is 1. The van der Waals surface area contributed by atoms with Gasteiger partial charge in [-0.2, -0.15) is 0 Å². The molecule has 26 heavy (non-hydrogen) atoms. The first-order valence-corrected chi connectivity index (χ1v) is 9.37. The van der Waals surface area contributed by atoms with Crippen LogP contribution in [-0.4, -0.2) is 37.6 Å². The highest BCUT2D eigenvalue weighted by molar-refractivity contribution is 5.81. The van der Waals surface area contributed by atoms with Crippen molar-refractivity contribution < 1.29 is 19.3 Å². The highest BCUT2D eigenvalue weighted by Gasteiger charge is 2.16. The Bertz CT molecular complexity index is 815. The summed E-state index contributed by atoms with van der Waals surface area (Å²) in [5.74, 6) is 0.965. The van der Waals surface area contributed by atoms with Crippen LogP contribution in [0.2, 0.25) is 0 Å². The minimum Gasteiger partial charge on any atom is -0.497 e. The maximum Gasteiger partial charge on any atom is 0.336 e. The Balaban J connectivity index is 1.54. The highest BCUT2D eigenvalue weighted by Crippen LogP contribution is 2.22. The Morgan fingerprint density at radius 2 is 2.08 bits per heavy atom. The molecule has 1 aliphatic rings. The van der Waals surface area contributed by atoms with Crippen molar-refractivity contribution in [3.05, 3.63) is 40.2 Å². The summed E-state index contributed by atoms with van der Waals surface area (Å²) in [5, 5.41) is 3.12. The number of carbonyl (C=O) groups excluding carboxylic acids is 1. The van der Waals surface area contributed by atoms with E-state index in [1.807, 2.05) is 17.0 Å². The van der Waals surface area contributed by atoms with Crippen molar-refractivity contribution in [2.45, 2.75) is 38.6 Å².